The van der Waals surface area contributed by atoms with Gasteiger partial charge in [0.25, 0.3) is 11.1 Å². The van der Waals surface area contributed by atoms with Crippen LogP contribution >= 0.6 is 11.8 Å². The number of amides is 3. The maximum absolute atomic E-state index is 13.1. The highest BCUT2D eigenvalue weighted by atomic mass is 32.2. The van der Waals surface area contributed by atoms with Crippen molar-refractivity contribution in [2.75, 3.05) is 25.6 Å². The Labute approximate surface area is 246 Å². The van der Waals surface area contributed by atoms with Crippen molar-refractivity contribution < 1.29 is 46.7 Å². The van der Waals surface area contributed by atoms with Gasteiger partial charge in [0.1, 0.15) is 12.3 Å². The average molecular weight is 618 g/mol. The summed E-state index contributed by atoms with van der Waals surface area (Å²) in [6.07, 6.45) is -3.40. The molecule has 0 bridgehead atoms. The lowest BCUT2D eigenvalue weighted by Gasteiger charge is -2.14. The molecule has 0 spiro atoms. The second-order valence-electron chi connectivity index (χ2n) is 8.72. The van der Waals surface area contributed by atoms with E-state index in [-0.39, 0.29) is 23.0 Å². The van der Waals surface area contributed by atoms with Crippen LogP contribution < -0.4 is 19.5 Å². The van der Waals surface area contributed by atoms with E-state index in [2.05, 4.69) is 5.32 Å². The first kappa shape index (κ1) is 30.9. The van der Waals surface area contributed by atoms with Crippen LogP contribution in [0.25, 0.3) is 6.08 Å². The van der Waals surface area contributed by atoms with Crippen molar-refractivity contribution in [3.8, 4) is 23.0 Å². The Morgan fingerprint density at radius 3 is 2.37 bits per heavy atom. The molecule has 3 amide bonds. The van der Waals surface area contributed by atoms with E-state index in [1.807, 2.05) is 0 Å². The predicted molar refractivity (Wildman–Crippen MR) is 150 cm³/mol. The molecule has 1 aliphatic heterocycles. The van der Waals surface area contributed by atoms with Crippen LogP contribution in [0.4, 0.5) is 29.3 Å². The molecule has 0 radical (unpaired) electrons. The molecule has 1 fully saturated rings. The molecule has 3 aromatic rings. The molecule has 1 N–H and O–H groups in total. The number of hydrogen-bond donors (Lipinski definition) is 1. The third-order valence-corrected chi connectivity index (χ3v) is 6.72. The number of anilines is 1. The zero-order valence-corrected chi connectivity index (χ0v) is 23.3. The molecule has 0 aromatic heterocycles. The van der Waals surface area contributed by atoms with Crippen molar-refractivity contribution in [3.63, 3.8) is 0 Å². The molecule has 224 valence electrons. The van der Waals surface area contributed by atoms with Crippen molar-refractivity contribution in [2.24, 2.45) is 0 Å². The van der Waals surface area contributed by atoms with Crippen LogP contribution in [0, 0.1) is 10.1 Å². The number of methoxy groups -OCH3 is 1. The lowest BCUT2D eigenvalue weighted by molar-refractivity contribution is -0.385. The predicted octanol–water partition coefficient (Wildman–Crippen LogP) is 6.49. The first-order valence-electron chi connectivity index (χ1n) is 12.4. The highest BCUT2D eigenvalue weighted by Crippen LogP contribution is 2.41. The monoisotopic (exact) mass is 617 g/mol. The fraction of sp³-hybridized carbons (Fsp3) is 0.179. The molecule has 3 aromatic carbocycles. The lowest BCUT2D eigenvalue weighted by Crippen LogP contribution is -2.36. The number of nitro groups is 1. The van der Waals surface area contributed by atoms with Gasteiger partial charge in [0.05, 0.1) is 29.1 Å². The first-order chi connectivity index (χ1) is 20.4. The van der Waals surface area contributed by atoms with E-state index in [0.29, 0.717) is 40.9 Å². The van der Waals surface area contributed by atoms with Crippen LogP contribution in [0.15, 0.2) is 65.6 Å². The lowest BCUT2D eigenvalue weighted by atomic mass is 10.1. The number of nitro benzene ring substituents is 1. The van der Waals surface area contributed by atoms with Gasteiger partial charge in [-0.2, -0.15) is 13.2 Å². The summed E-state index contributed by atoms with van der Waals surface area (Å²) in [7, 11) is 1.50. The van der Waals surface area contributed by atoms with Crippen LogP contribution in [-0.2, 0) is 15.8 Å². The van der Waals surface area contributed by atoms with Crippen molar-refractivity contribution >= 4 is 46.3 Å². The zero-order chi connectivity index (χ0) is 31.3. The maximum atomic E-state index is 13.1. The van der Waals surface area contributed by atoms with E-state index in [1.165, 1.54) is 31.4 Å². The second-order valence-corrected chi connectivity index (χ2v) is 9.72. The third-order valence-electron chi connectivity index (χ3n) is 5.82. The molecule has 4 rings (SSSR count). The van der Waals surface area contributed by atoms with Crippen molar-refractivity contribution in [3.05, 3.63) is 86.8 Å². The minimum Gasteiger partial charge on any atom is -0.497 e. The fourth-order valence-electron chi connectivity index (χ4n) is 3.81. The van der Waals surface area contributed by atoms with Gasteiger partial charge in [0.15, 0.2) is 11.5 Å². The molecule has 1 saturated heterocycles. The number of nitrogens with one attached hydrogen (secondary N) is 1. The number of imide groups is 1. The van der Waals surface area contributed by atoms with Gasteiger partial charge in [-0.15, -0.1) is 0 Å². The second kappa shape index (κ2) is 12.9. The number of rotatable bonds is 10. The maximum Gasteiger partial charge on any atom is 0.416 e. The van der Waals surface area contributed by atoms with E-state index in [9.17, 15) is 37.7 Å². The normalized spacial score (nSPS) is 14.2. The summed E-state index contributed by atoms with van der Waals surface area (Å²) in [5.41, 5.74) is -1.28. The smallest absolute Gasteiger partial charge is 0.416 e. The number of halogens is 3. The van der Waals surface area contributed by atoms with E-state index in [0.717, 1.165) is 11.0 Å². The summed E-state index contributed by atoms with van der Waals surface area (Å²) in [6, 6.07) is 12.6. The Hall–Kier alpha value is -5.05. The standard InChI is InChI=1S/C28H22F3N3O8S/c1-3-41-23-12-16(4-10-22(23)42-21-11-5-17(28(29,30)31)14-20(21)34(38)39)13-24-26(36)33(27(37)43-24)15-25(35)32-18-6-8-19(40-2)9-7-18/h4-14H,3,15H2,1-2H3,(H,32,35)/b24-13+. The van der Waals surface area contributed by atoms with Gasteiger partial charge in [0, 0.05) is 11.8 Å². The van der Waals surface area contributed by atoms with E-state index in [4.69, 9.17) is 14.2 Å². The highest BCUT2D eigenvalue weighted by Gasteiger charge is 2.36. The van der Waals surface area contributed by atoms with Crippen molar-refractivity contribution in [2.45, 2.75) is 13.1 Å². The summed E-state index contributed by atoms with van der Waals surface area (Å²) in [5, 5.41) is 13.4. The summed E-state index contributed by atoms with van der Waals surface area (Å²) < 4.78 is 55.3. The molecule has 15 heteroatoms. The first-order valence-corrected chi connectivity index (χ1v) is 13.2. The molecule has 43 heavy (non-hydrogen) atoms. The number of carbonyl (C=O) groups is 3. The Bertz CT molecular complexity index is 1610. The van der Waals surface area contributed by atoms with Crippen LogP contribution in [0.2, 0.25) is 0 Å². The molecular weight excluding hydrogens is 595 g/mol. The van der Waals surface area contributed by atoms with Gasteiger partial charge in [-0.25, -0.2) is 0 Å². The topological polar surface area (TPSA) is 137 Å². The summed E-state index contributed by atoms with van der Waals surface area (Å²) in [4.78, 5) is 49.2. The molecule has 1 aliphatic rings. The van der Waals surface area contributed by atoms with E-state index >= 15 is 0 Å². The summed E-state index contributed by atoms with van der Waals surface area (Å²) in [5.74, 6) is -1.11. The van der Waals surface area contributed by atoms with Crippen LogP contribution in [0.1, 0.15) is 18.1 Å². The molecular formula is C28H22F3N3O8S. The largest absolute Gasteiger partial charge is 0.497 e. The number of ether oxygens (including phenoxy) is 3. The van der Waals surface area contributed by atoms with Gasteiger partial charge in [0.2, 0.25) is 11.7 Å². The number of benzene rings is 3. The van der Waals surface area contributed by atoms with Crippen molar-refractivity contribution in [1.29, 1.82) is 0 Å². The van der Waals surface area contributed by atoms with Gasteiger partial charge in [-0.3, -0.25) is 29.4 Å². The molecule has 1 heterocycles. The quantitative estimate of drug-likeness (QED) is 0.154. The van der Waals surface area contributed by atoms with Gasteiger partial charge >= 0.3 is 11.9 Å². The van der Waals surface area contributed by atoms with Crippen LogP contribution in [0.5, 0.6) is 23.0 Å². The highest BCUT2D eigenvalue weighted by molar-refractivity contribution is 8.18. The number of thioether (sulfide) groups is 1. The SMILES string of the molecule is CCOc1cc(/C=C2/SC(=O)N(CC(=O)Nc3ccc(OC)cc3)C2=O)ccc1Oc1ccc(C(F)(F)F)cc1[N+](=O)[O-]. The minimum atomic E-state index is -4.79. The number of nitrogens with zero attached hydrogens (tertiary/aromatic N) is 2. The summed E-state index contributed by atoms with van der Waals surface area (Å²) in [6.45, 7) is 1.27. The van der Waals surface area contributed by atoms with Gasteiger partial charge in [-0.05, 0) is 78.9 Å². The molecule has 0 unspecified atom stereocenters. The number of hydrogen-bond acceptors (Lipinski definition) is 9. The average Bonchev–Trinajstić information content (AvgIpc) is 3.21. The molecule has 0 aliphatic carbocycles. The van der Waals surface area contributed by atoms with Crippen molar-refractivity contribution in [1.82, 2.24) is 4.90 Å². The van der Waals surface area contributed by atoms with E-state index < -0.39 is 51.7 Å². The molecule has 11 nitrogen and oxygen atoms in total. The van der Waals surface area contributed by atoms with Crippen LogP contribution in [0.3, 0.4) is 0 Å². The fourth-order valence-corrected chi connectivity index (χ4v) is 4.65. The summed E-state index contributed by atoms with van der Waals surface area (Å²) >= 11 is 0.627. The molecule has 0 atom stereocenters. The van der Waals surface area contributed by atoms with Gasteiger partial charge in [-0.1, -0.05) is 6.07 Å². The Kier molecular flexibility index (Phi) is 9.24. The van der Waals surface area contributed by atoms with E-state index in [1.54, 1.807) is 31.2 Å². The Morgan fingerprint density at radius 2 is 1.74 bits per heavy atom. The zero-order valence-electron chi connectivity index (χ0n) is 22.5. The number of carbonyl (C=O) groups excluding carboxylic acids is 3. The Balaban J connectivity index is 1.52. The Morgan fingerprint density at radius 1 is 1.05 bits per heavy atom. The number of alkyl halides is 3. The minimum absolute atomic E-state index is 0.0248. The third kappa shape index (κ3) is 7.43. The molecule has 0 saturated carbocycles. The van der Waals surface area contributed by atoms with Crippen LogP contribution in [-0.4, -0.2) is 47.1 Å². The van der Waals surface area contributed by atoms with Gasteiger partial charge < -0.3 is 19.5 Å².